The van der Waals surface area contributed by atoms with Crippen LogP contribution in [0.4, 0.5) is 11.5 Å². The average molecular weight is 313 g/mol. The van der Waals surface area contributed by atoms with E-state index in [0.29, 0.717) is 11.4 Å². The molecule has 4 heteroatoms. The number of benzene rings is 2. The van der Waals surface area contributed by atoms with Crippen LogP contribution in [-0.2, 0) is 0 Å². The Morgan fingerprint density at radius 2 is 1.50 bits per heavy atom. The Hall–Kier alpha value is -3.40. The molecule has 0 spiro atoms. The highest BCUT2D eigenvalue weighted by Crippen LogP contribution is 2.27. The first kappa shape index (κ1) is 14.2. The highest BCUT2D eigenvalue weighted by molar-refractivity contribution is 6.10. The van der Waals surface area contributed by atoms with Gasteiger partial charge in [0.15, 0.2) is 5.82 Å². The van der Waals surface area contributed by atoms with Crippen molar-refractivity contribution in [3.63, 3.8) is 0 Å². The molecular weight excluding hydrogens is 298 g/mol. The SMILES string of the molecule is O=C(c1ccccc1)N(c1ccccc1)c1cn2ccccc2n1. The molecule has 24 heavy (non-hydrogen) atoms. The number of anilines is 2. The zero-order chi connectivity index (χ0) is 16.4. The number of rotatable bonds is 3. The first-order valence-corrected chi connectivity index (χ1v) is 7.71. The van der Waals surface area contributed by atoms with Gasteiger partial charge in [-0.05, 0) is 36.4 Å². The van der Waals surface area contributed by atoms with Gasteiger partial charge < -0.3 is 4.40 Å². The number of hydrogen-bond donors (Lipinski definition) is 0. The molecule has 0 aliphatic rings. The Bertz CT molecular complexity index is 944. The molecule has 0 saturated carbocycles. The van der Waals surface area contributed by atoms with Gasteiger partial charge in [-0.3, -0.25) is 9.69 Å². The molecule has 0 unspecified atom stereocenters. The van der Waals surface area contributed by atoms with E-state index in [4.69, 9.17) is 0 Å². The molecule has 2 aromatic heterocycles. The van der Waals surface area contributed by atoms with E-state index in [0.717, 1.165) is 11.3 Å². The summed E-state index contributed by atoms with van der Waals surface area (Å²) in [5.74, 6) is 0.492. The van der Waals surface area contributed by atoms with Gasteiger partial charge in [-0.25, -0.2) is 4.98 Å². The lowest BCUT2D eigenvalue weighted by Gasteiger charge is -2.20. The Morgan fingerprint density at radius 3 is 2.21 bits per heavy atom. The van der Waals surface area contributed by atoms with Crippen LogP contribution >= 0.6 is 0 Å². The first-order chi connectivity index (χ1) is 11.8. The number of hydrogen-bond acceptors (Lipinski definition) is 2. The van der Waals surface area contributed by atoms with Crippen LogP contribution in [0.25, 0.3) is 5.65 Å². The molecule has 4 nitrogen and oxygen atoms in total. The highest BCUT2D eigenvalue weighted by atomic mass is 16.2. The minimum Gasteiger partial charge on any atom is -0.305 e. The third-order valence-corrected chi connectivity index (χ3v) is 3.82. The van der Waals surface area contributed by atoms with Crippen LogP contribution in [0.5, 0.6) is 0 Å². The van der Waals surface area contributed by atoms with Gasteiger partial charge in [-0.15, -0.1) is 0 Å². The maximum atomic E-state index is 13.1. The van der Waals surface area contributed by atoms with Crippen LogP contribution in [-0.4, -0.2) is 15.3 Å². The molecule has 4 rings (SSSR count). The lowest BCUT2D eigenvalue weighted by atomic mass is 10.2. The summed E-state index contributed by atoms with van der Waals surface area (Å²) in [4.78, 5) is 19.3. The van der Waals surface area contributed by atoms with Gasteiger partial charge in [0.2, 0.25) is 0 Å². The van der Waals surface area contributed by atoms with Crippen LogP contribution < -0.4 is 4.90 Å². The second kappa shape index (κ2) is 6.01. The largest absolute Gasteiger partial charge is 0.305 e. The predicted molar refractivity (Wildman–Crippen MR) is 94.5 cm³/mol. The van der Waals surface area contributed by atoms with Gasteiger partial charge in [0.1, 0.15) is 5.65 Å². The minimum absolute atomic E-state index is 0.106. The molecular formula is C20H15N3O. The van der Waals surface area contributed by atoms with E-state index in [2.05, 4.69) is 4.98 Å². The normalized spacial score (nSPS) is 10.7. The molecule has 0 aliphatic heterocycles. The molecule has 0 fully saturated rings. The van der Waals surface area contributed by atoms with Crippen LogP contribution in [0.15, 0.2) is 91.3 Å². The van der Waals surface area contributed by atoms with E-state index in [1.165, 1.54) is 0 Å². The van der Waals surface area contributed by atoms with Crippen molar-refractivity contribution < 1.29 is 4.79 Å². The molecule has 2 aromatic carbocycles. The van der Waals surface area contributed by atoms with E-state index in [1.807, 2.05) is 95.7 Å². The number of para-hydroxylation sites is 1. The van der Waals surface area contributed by atoms with Gasteiger partial charge >= 0.3 is 0 Å². The predicted octanol–water partition coefficient (Wildman–Crippen LogP) is 4.31. The monoisotopic (exact) mass is 313 g/mol. The second-order valence-corrected chi connectivity index (χ2v) is 5.41. The van der Waals surface area contributed by atoms with Crippen molar-refractivity contribution in [3.8, 4) is 0 Å². The molecule has 0 atom stereocenters. The first-order valence-electron chi connectivity index (χ1n) is 7.71. The smallest absolute Gasteiger partial charge is 0.264 e. The summed E-state index contributed by atoms with van der Waals surface area (Å²) in [6.45, 7) is 0. The molecule has 0 N–H and O–H groups in total. The maximum absolute atomic E-state index is 13.1. The van der Waals surface area contributed by atoms with Crippen LogP contribution in [0.2, 0.25) is 0 Å². The highest BCUT2D eigenvalue weighted by Gasteiger charge is 2.22. The summed E-state index contributed by atoms with van der Waals surface area (Å²) in [5.41, 5.74) is 2.21. The summed E-state index contributed by atoms with van der Waals surface area (Å²) in [6, 6.07) is 24.6. The topological polar surface area (TPSA) is 37.6 Å². The zero-order valence-electron chi connectivity index (χ0n) is 12.9. The number of nitrogens with zero attached hydrogens (tertiary/aromatic N) is 3. The molecule has 0 radical (unpaired) electrons. The van der Waals surface area contributed by atoms with E-state index in [-0.39, 0.29) is 5.91 Å². The molecule has 2 heterocycles. The third kappa shape index (κ3) is 2.54. The average Bonchev–Trinajstić information content (AvgIpc) is 3.07. The van der Waals surface area contributed by atoms with E-state index in [1.54, 1.807) is 4.90 Å². The Labute approximate surface area is 139 Å². The Morgan fingerprint density at radius 1 is 0.833 bits per heavy atom. The summed E-state index contributed by atoms with van der Waals surface area (Å²) in [6.07, 6.45) is 3.78. The van der Waals surface area contributed by atoms with Crippen molar-refractivity contribution >= 4 is 23.1 Å². The van der Waals surface area contributed by atoms with Gasteiger partial charge in [0.25, 0.3) is 5.91 Å². The van der Waals surface area contributed by atoms with Gasteiger partial charge in [0.05, 0.1) is 11.9 Å². The van der Waals surface area contributed by atoms with Crippen molar-refractivity contribution in [2.45, 2.75) is 0 Å². The molecule has 0 saturated heterocycles. The summed E-state index contributed by atoms with van der Waals surface area (Å²) >= 11 is 0. The number of aromatic nitrogens is 2. The summed E-state index contributed by atoms with van der Waals surface area (Å²) in [7, 11) is 0. The van der Waals surface area contributed by atoms with E-state index in [9.17, 15) is 4.79 Å². The Kier molecular flexibility index (Phi) is 3.56. The zero-order valence-corrected chi connectivity index (χ0v) is 12.9. The van der Waals surface area contributed by atoms with Crippen LogP contribution in [0.3, 0.4) is 0 Å². The molecule has 0 aliphatic carbocycles. The fourth-order valence-corrected chi connectivity index (χ4v) is 2.67. The fraction of sp³-hybridized carbons (Fsp3) is 0. The van der Waals surface area contributed by atoms with Gasteiger partial charge in [-0.2, -0.15) is 0 Å². The summed E-state index contributed by atoms with van der Waals surface area (Å²) < 4.78 is 1.91. The van der Waals surface area contributed by atoms with Crippen molar-refractivity contribution in [1.29, 1.82) is 0 Å². The number of carbonyl (C=O) groups excluding carboxylic acids is 1. The third-order valence-electron chi connectivity index (χ3n) is 3.82. The van der Waals surface area contributed by atoms with Crippen LogP contribution in [0, 0.1) is 0 Å². The maximum Gasteiger partial charge on any atom is 0.264 e. The van der Waals surface area contributed by atoms with Gasteiger partial charge in [0, 0.05) is 11.8 Å². The van der Waals surface area contributed by atoms with Crippen molar-refractivity contribution in [2.75, 3.05) is 4.90 Å². The lowest BCUT2D eigenvalue weighted by Crippen LogP contribution is -2.26. The molecule has 116 valence electrons. The second-order valence-electron chi connectivity index (χ2n) is 5.41. The quantitative estimate of drug-likeness (QED) is 0.565. The number of amides is 1. The number of fused-ring (bicyclic) bond motifs is 1. The standard InChI is InChI=1S/C20H15N3O/c24-20(16-9-3-1-4-10-16)23(17-11-5-2-6-12-17)19-15-22-14-8-7-13-18(22)21-19/h1-15H. The fourth-order valence-electron chi connectivity index (χ4n) is 2.67. The van der Waals surface area contributed by atoms with Gasteiger partial charge in [-0.1, -0.05) is 42.5 Å². The number of carbonyl (C=O) groups is 1. The molecule has 0 bridgehead atoms. The van der Waals surface area contributed by atoms with E-state index < -0.39 is 0 Å². The number of pyridine rings is 1. The Balaban J connectivity index is 1.86. The number of imidazole rings is 1. The lowest BCUT2D eigenvalue weighted by molar-refractivity contribution is 0.0998. The summed E-state index contributed by atoms with van der Waals surface area (Å²) in [5, 5.41) is 0. The van der Waals surface area contributed by atoms with Crippen molar-refractivity contribution in [2.24, 2.45) is 0 Å². The molecule has 1 amide bonds. The molecule has 4 aromatic rings. The minimum atomic E-state index is -0.106. The van der Waals surface area contributed by atoms with E-state index >= 15 is 0 Å². The van der Waals surface area contributed by atoms with Crippen LogP contribution in [0.1, 0.15) is 10.4 Å². The van der Waals surface area contributed by atoms with Crippen molar-refractivity contribution in [3.05, 3.63) is 96.8 Å². The van der Waals surface area contributed by atoms with Crippen molar-refractivity contribution in [1.82, 2.24) is 9.38 Å².